The van der Waals surface area contributed by atoms with Crippen molar-refractivity contribution in [2.75, 3.05) is 6.61 Å². The third-order valence-corrected chi connectivity index (χ3v) is 2.57. The van der Waals surface area contributed by atoms with Gasteiger partial charge in [0.05, 0.1) is 10.9 Å². The van der Waals surface area contributed by atoms with Crippen molar-refractivity contribution in [3.05, 3.63) is 23.8 Å². The summed E-state index contributed by atoms with van der Waals surface area (Å²) in [4.78, 5) is 9.56. The van der Waals surface area contributed by atoms with Gasteiger partial charge in [-0.1, -0.05) is 6.07 Å². The van der Waals surface area contributed by atoms with Crippen LogP contribution in [0, 0.1) is 6.92 Å². The summed E-state index contributed by atoms with van der Waals surface area (Å²) in [6.45, 7) is 0.781. The summed E-state index contributed by atoms with van der Waals surface area (Å²) in [6, 6.07) is 3.84. The molecular weight excluding hydrogens is 259 g/mol. The number of hydrogen-bond donors (Lipinski definition) is 0. The zero-order chi connectivity index (χ0) is 12.3. The second-order valence-electron chi connectivity index (χ2n) is 3.06. The van der Waals surface area contributed by atoms with Crippen LogP contribution in [0.3, 0.4) is 0 Å². The van der Waals surface area contributed by atoms with Crippen LogP contribution in [-0.2, 0) is 14.9 Å². The van der Waals surface area contributed by atoms with Crippen LogP contribution in [0.1, 0.15) is 5.56 Å². The van der Waals surface area contributed by atoms with Gasteiger partial charge >= 0.3 is 29.6 Å². The minimum absolute atomic E-state index is 0. The molecule has 0 radical (unpaired) electrons. The van der Waals surface area contributed by atoms with E-state index in [1.54, 1.807) is 6.92 Å². The number of aliphatic carboxylic acids is 1. The summed E-state index contributed by atoms with van der Waals surface area (Å²) in [5.41, 5.74) is 0.551. The van der Waals surface area contributed by atoms with Crippen molar-refractivity contribution in [3.8, 4) is 5.75 Å². The molecule has 0 aliphatic heterocycles. The molecular formula is C9H8NaO6S-. The second-order valence-corrected chi connectivity index (χ2v) is 4.41. The fourth-order valence-corrected chi connectivity index (χ4v) is 1.77. The van der Waals surface area contributed by atoms with Gasteiger partial charge in [-0.25, -0.2) is 8.42 Å². The maximum atomic E-state index is 10.9. The van der Waals surface area contributed by atoms with Crippen LogP contribution in [-0.4, -0.2) is 25.5 Å². The Morgan fingerprint density at radius 2 is 2.00 bits per heavy atom. The molecule has 0 spiro atoms. The van der Waals surface area contributed by atoms with E-state index in [1.165, 1.54) is 12.1 Å². The van der Waals surface area contributed by atoms with E-state index in [4.69, 9.17) is 0 Å². The van der Waals surface area contributed by atoms with Crippen LogP contribution in [0.25, 0.3) is 0 Å². The first-order valence-corrected chi connectivity index (χ1v) is 5.61. The topological polar surface area (TPSA) is 107 Å². The number of carbonyl (C=O) groups is 1. The van der Waals surface area contributed by atoms with Gasteiger partial charge in [0.15, 0.2) is 0 Å². The Kier molecular flexibility index (Phi) is 6.14. The number of rotatable bonds is 4. The van der Waals surface area contributed by atoms with Crippen LogP contribution in [0.2, 0.25) is 0 Å². The van der Waals surface area contributed by atoms with Crippen molar-refractivity contribution in [1.82, 2.24) is 0 Å². The SMILES string of the molecule is Cc1ccc(OCC(=O)[O-])c(S(=O)(=O)[O-])c1.[Na+]. The summed E-state index contributed by atoms with van der Waals surface area (Å²) >= 11 is 0. The van der Waals surface area contributed by atoms with Gasteiger partial charge in [0.1, 0.15) is 22.5 Å². The number of carboxylic acids is 1. The molecule has 0 saturated heterocycles. The Morgan fingerprint density at radius 3 is 2.47 bits per heavy atom. The quantitative estimate of drug-likeness (QED) is 0.407. The molecule has 0 unspecified atom stereocenters. The van der Waals surface area contributed by atoms with E-state index in [-0.39, 0.29) is 35.3 Å². The predicted molar refractivity (Wildman–Crippen MR) is 49.6 cm³/mol. The Hall–Kier alpha value is -0.600. The van der Waals surface area contributed by atoms with Crippen molar-refractivity contribution >= 4 is 16.1 Å². The van der Waals surface area contributed by atoms with Crippen LogP contribution in [0.4, 0.5) is 0 Å². The first-order chi connectivity index (χ1) is 7.30. The van der Waals surface area contributed by atoms with Gasteiger partial charge in [-0.3, -0.25) is 0 Å². The van der Waals surface area contributed by atoms with Crippen molar-refractivity contribution in [1.29, 1.82) is 0 Å². The normalized spacial score (nSPS) is 10.5. The van der Waals surface area contributed by atoms with E-state index in [0.29, 0.717) is 5.56 Å². The molecule has 0 heterocycles. The third kappa shape index (κ3) is 5.05. The number of ether oxygens (including phenoxy) is 1. The van der Waals surface area contributed by atoms with Gasteiger partial charge in [-0.2, -0.15) is 0 Å². The Morgan fingerprint density at radius 1 is 1.41 bits per heavy atom. The molecule has 1 aromatic rings. The van der Waals surface area contributed by atoms with Gasteiger partial charge in [0.25, 0.3) is 0 Å². The van der Waals surface area contributed by atoms with Gasteiger partial charge in [0.2, 0.25) is 0 Å². The van der Waals surface area contributed by atoms with Gasteiger partial charge in [0, 0.05) is 0 Å². The standard InChI is InChI=1S/C9H10O6S.Na/c1-6-2-3-7(15-5-9(10)11)8(4-6)16(12,13)14;/h2-4H,5H2,1H3,(H,10,11)(H,12,13,14);/q;+1/p-2. The first kappa shape index (κ1) is 16.4. The van der Waals surface area contributed by atoms with Crippen LogP contribution >= 0.6 is 0 Å². The minimum atomic E-state index is -4.69. The number of aryl methyl sites for hydroxylation is 1. The van der Waals surface area contributed by atoms with E-state index in [1.807, 2.05) is 0 Å². The van der Waals surface area contributed by atoms with E-state index in [0.717, 1.165) is 6.07 Å². The molecule has 0 aliphatic rings. The van der Waals surface area contributed by atoms with Gasteiger partial charge < -0.3 is 19.2 Å². The molecule has 1 rings (SSSR count). The minimum Gasteiger partial charge on any atom is -0.744 e. The first-order valence-electron chi connectivity index (χ1n) is 4.20. The third-order valence-electron chi connectivity index (χ3n) is 1.71. The Labute approximate surface area is 121 Å². The monoisotopic (exact) mass is 267 g/mol. The zero-order valence-corrected chi connectivity index (χ0v) is 12.1. The molecule has 0 fully saturated rings. The Balaban J connectivity index is 0.00000256. The van der Waals surface area contributed by atoms with Crippen molar-refractivity contribution < 1.29 is 57.2 Å². The molecule has 0 amide bonds. The van der Waals surface area contributed by atoms with Gasteiger partial charge in [-0.15, -0.1) is 0 Å². The van der Waals surface area contributed by atoms with Crippen molar-refractivity contribution in [2.45, 2.75) is 11.8 Å². The van der Waals surface area contributed by atoms with Crippen LogP contribution in [0.5, 0.6) is 5.75 Å². The molecule has 0 aliphatic carbocycles. The predicted octanol–water partition coefficient (Wildman–Crippen LogP) is -3.97. The number of carboxylic acid groups (broad SMARTS) is 1. The van der Waals surface area contributed by atoms with E-state index >= 15 is 0 Å². The van der Waals surface area contributed by atoms with E-state index in [9.17, 15) is 22.9 Å². The molecule has 0 aromatic heterocycles. The fourth-order valence-electron chi connectivity index (χ4n) is 1.07. The smallest absolute Gasteiger partial charge is 0.744 e. The maximum absolute atomic E-state index is 10.9. The largest absolute Gasteiger partial charge is 1.00 e. The summed E-state index contributed by atoms with van der Waals surface area (Å²) < 4.78 is 37.2. The molecule has 0 saturated carbocycles. The molecule has 8 heteroatoms. The zero-order valence-electron chi connectivity index (χ0n) is 9.30. The maximum Gasteiger partial charge on any atom is 1.00 e. The summed E-state index contributed by atoms with van der Waals surface area (Å²) in [5, 5.41) is 10.1. The average Bonchev–Trinajstić information content (AvgIpc) is 2.14. The molecule has 0 bridgehead atoms. The van der Waals surface area contributed by atoms with E-state index < -0.39 is 27.6 Å². The van der Waals surface area contributed by atoms with Crippen molar-refractivity contribution in [2.24, 2.45) is 0 Å². The van der Waals surface area contributed by atoms with E-state index in [2.05, 4.69) is 4.74 Å². The Bertz CT molecular complexity index is 510. The molecule has 0 atom stereocenters. The molecule has 0 N–H and O–H groups in total. The number of hydrogen-bond acceptors (Lipinski definition) is 6. The number of carbonyl (C=O) groups excluding carboxylic acids is 1. The molecule has 6 nitrogen and oxygen atoms in total. The summed E-state index contributed by atoms with van der Waals surface area (Å²) in [5.74, 6) is -1.79. The molecule has 17 heavy (non-hydrogen) atoms. The second kappa shape index (κ2) is 6.36. The summed E-state index contributed by atoms with van der Waals surface area (Å²) in [6.07, 6.45) is 0. The number of benzene rings is 1. The van der Waals surface area contributed by atoms with Gasteiger partial charge in [-0.05, 0) is 24.6 Å². The molecule has 1 aromatic carbocycles. The fraction of sp³-hybridized carbons (Fsp3) is 0.222. The van der Waals surface area contributed by atoms with Crippen LogP contribution < -0.4 is 39.4 Å². The average molecular weight is 267 g/mol. The molecule has 88 valence electrons. The van der Waals surface area contributed by atoms with Crippen LogP contribution in [0.15, 0.2) is 23.1 Å². The van der Waals surface area contributed by atoms with Crippen molar-refractivity contribution in [3.63, 3.8) is 0 Å². The summed E-state index contributed by atoms with van der Waals surface area (Å²) in [7, 11) is -4.69.